The number of hydrogen-bond acceptors (Lipinski definition) is 3. The van der Waals surface area contributed by atoms with Gasteiger partial charge in [-0.25, -0.2) is 4.98 Å². The van der Waals surface area contributed by atoms with E-state index in [1.165, 1.54) is 11.3 Å². The second-order valence-corrected chi connectivity index (χ2v) is 5.24. The number of para-hydroxylation sites is 1. The topological polar surface area (TPSA) is 30.3 Å². The molecule has 0 aliphatic carbocycles. The van der Waals surface area contributed by atoms with Crippen LogP contribution in [0.25, 0.3) is 0 Å². The van der Waals surface area contributed by atoms with E-state index in [-0.39, 0.29) is 6.10 Å². The molecule has 1 aromatic heterocycles. The average molecular weight is 257 g/mol. The van der Waals surface area contributed by atoms with E-state index in [0.717, 1.165) is 25.3 Å². The molecule has 3 rings (SSSR count). The molecule has 0 N–H and O–H groups in total. The first-order valence-electron chi connectivity index (χ1n) is 6.60. The van der Waals surface area contributed by atoms with Gasteiger partial charge in [0.05, 0.1) is 12.0 Å². The molecule has 0 radical (unpaired) electrons. The van der Waals surface area contributed by atoms with E-state index in [1.54, 1.807) is 0 Å². The molecule has 1 atom stereocenters. The summed E-state index contributed by atoms with van der Waals surface area (Å²) in [6.45, 7) is 1.83. The van der Waals surface area contributed by atoms with Gasteiger partial charge in [0.2, 0.25) is 0 Å². The standard InChI is InChI=1S/C15H19N3O/c1-17(9-13-8-16-11-18(13)2)10-14-7-12-5-3-4-6-15(12)19-14/h3-6,8,11,14H,7,9-10H2,1-2H3/t14-/m1/s1. The van der Waals surface area contributed by atoms with Crippen LogP contribution in [0.2, 0.25) is 0 Å². The summed E-state index contributed by atoms with van der Waals surface area (Å²) < 4.78 is 8.02. The van der Waals surface area contributed by atoms with E-state index in [2.05, 4.69) is 39.7 Å². The Morgan fingerprint density at radius 1 is 1.42 bits per heavy atom. The molecule has 0 saturated carbocycles. The van der Waals surface area contributed by atoms with Crippen molar-refractivity contribution in [2.45, 2.75) is 19.1 Å². The van der Waals surface area contributed by atoms with Gasteiger partial charge in [0.15, 0.2) is 0 Å². The van der Waals surface area contributed by atoms with E-state index < -0.39 is 0 Å². The second-order valence-electron chi connectivity index (χ2n) is 5.24. The lowest BCUT2D eigenvalue weighted by atomic mass is 10.1. The lowest BCUT2D eigenvalue weighted by molar-refractivity contribution is 0.163. The highest BCUT2D eigenvalue weighted by atomic mass is 16.5. The molecular formula is C15H19N3O. The van der Waals surface area contributed by atoms with Crippen LogP contribution in [0.5, 0.6) is 5.75 Å². The molecule has 2 heterocycles. The van der Waals surface area contributed by atoms with Crippen molar-refractivity contribution in [1.82, 2.24) is 14.5 Å². The summed E-state index contributed by atoms with van der Waals surface area (Å²) in [5.74, 6) is 1.04. The molecule has 0 unspecified atom stereocenters. The minimum absolute atomic E-state index is 0.260. The van der Waals surface area contributed by atoms with E-state index in [0.29, 0.717) is 0 Å². The van der Waals surface area contributed by atoms with E-state index in [9.17, 15) is 0 Å². The van der Waals surface area contributed by atoms with Gasteiger partial charge in [0, 0.05) is 32.8 Å². The largest absolute Gasteiger partial charge is 0.488 e. The van der Waals surface area contributed by atoms with E-state index >= 15 is 0 Å². The number of likely N-dealkylation sites (N-methyl/N-ethyl adjacent to an activating group) is 1. The number of hydrogen-bond donors (Lipinski definition) is 0. The molecule has 1 aliphatic heterocycles. The van der Waals surface area contributed by atoms with Gasteiger partial charge in [0.1, 0.15) is 11.9 Å². The first kappa shape index (κ1) is 12.2. The lowest BCUT2D eigenvalue weighted by Crippen LogP contribution is -2.32. The molecule has 0 saturated heterocycles. The summed E-state index contributed by atoms with van der Waals surface area (Å²) in [6.07, 6.45) is 5.02. The summed E-state index contributed by atoms with van der Waals surface area (Å²) in [5, 5.41) is 0. The molecule has 1 aromatic carbocycles. The molecule has 100 valence electrons. The molecule has 4 nitrogen and oxygen atoms in total. The molecule has 2 aromatic rings. The lowest BCUT2D eigenvalue weighted by Gasteiger charge is -2.20. The minimum atomic E-state index is 0.260. The summed E-state index contributed by atoms with van der Waals surface area (Å²) >= 11 is 0. The molecule has 0 bridgehead atoms. The fraction of sp³-hybridized carbons (Fsp3) is 0.400. The summed E-state index contributed by atoms with van der Waals surface area (Å²) in [6, 6.07) is 8.30. The van der Waals surface area contributed by atoms with Crippen LogP contribution in [0.15, 0.2) is 36.8 Å². The summed E-state index contributed by atoms with van der Waals surface area (Å²) in [7, 11) is 4.15. The Hall–Kier alpha value is -1.81. The number of benzene rings is 1. The van der Waals surface area contributed by atoms with Crippen molar-refractivity contribution < 1.29 is 4.74 Å². The van der Waals surface area contributed by atoms with Gasteiger partial charge in [-0.1, -0.05) is 18.2 Å². The predicted molar refractivity (Wildman–Crippen MR) is 74.1 cm³/mol. The SMILES string of the molecule is CN(Cc1cncn1C)C[C@H]1Cc2ccccc2O1. The van der Waals surface area contributed by atoms with Crippen molar-refractivity contribution in [3.8, 4) is 5.75 Å². The molecule has 19 heavy (non-hydrogen) atoms. The van der Waals surface area contributed by atoms with Gasteiger partial charge in [0.25, 0.3) is 0 Å². The highest BCUT2D eigenvalue weighted by Crippen LogP contribution is 2.28. The zero-order chi connectivity index (χ0) is 13.2. The third kappa shape index (κ3) is 2.63. The predicted octanol–water partition coefficient (Wildman–Crippen LogP) is 1.86. The van der Waals surface area contributed by atoms with E-state index in [4.69, 9.17) is 4.74 Å². The van der Waals surface area contributed by atoms with Gasteiger partial charge in [-0.2, -0.15) is 0 Å². The Kier molecular flexibility index (Phi) is 3.25. The Labute approximate surface area is 113 Å². The van der Waals surface area contributed by atoms with Gasteiger partial charge >= 0.3 is 0 Å². The smallest absolute Gasteiger partial charge is 0.123 e. The third-order valence-corrected chi connectivity index (χ3v) is 3.58. The highest BCUT2D eigenvalue weighted by molar-refractivity contribution is 5.37. The maximum absolute atomic E-state index is 5.96. The molecule has 4 heteroatoms. The van der Waals surface area contributed by atoms with Crippen molar-refractivity contribution in [1.29, 1.82) is 0 Å². The maximum atomic E-state index is 5.96. The zero-order valence-electron chi connectivity index (χ0n) is 11.4. The first-order valence-corrected chi connectivity index (χ1v) is 6.60. The third-order valence-electron chi connectivity index (χ3n) is 3.58. The van der Waals surface area contributed by atoms with Crippen molar-refractivity contribution in [3.63, 3.8) is 0 Å². The first-order chi connectivity index (χ1) is 9.22. The monoisotopic (exact) mass is 257 g/mol. The minimum Gasteiger partial charge on any atom is -0.488 e. The number of aryl methyl sites for hydroxylation is 1. The van der Waals surface area contributed by atoms with Gasteiger partial charge < -0.3 is 9.30 Å². The second kappa shape index (κ2) is 5.05. The van der Waals surface area contributed by atoms with Crippen LogP contribution in [0.1, 0.15) is 11.3 Å². The molecule has 0 amide bonds. The van der Waals surface area contributed by atoms with Crippen LogP contribution in [0, 0.1) is 0 Å². The maximum Gasteiger partial charge on any atom is 0.123 e. The summed E-state index contributed by atoms with van der Waals surface area (Å²) in [4.78, 5) is 6.43. The summed E-state index contributed by atoms with van der Waals surface area (Å²) in [5.41, 5.74) is 2.54. The number of nitrogens with zero attached hydrogens (tertiary/aromatic N) is 3. The van der Waals surface area contributed by atoms with Crippen LogP contribution in [0.3, 0.4) is 0 Å². The van der Waals surface area contributed by atoms with Crippen LogP contribution >= 0.6 is 0 Å². The van der Waals surface area contributed by atoms with Crippen LogP contribution in [0.4, 0.5) is 0 Å². The Balaban J connectivity index is 1.57. The number of aromatic nitrogens is 2. The van der Waals surface area contributed by atoms with Crippen molar-refractivity contribution in [2.75, 3.05) is 13.6 Å². The fourth-order valence-electron chi connectivity index (χ4n) is 2.58. The van der Waals surface area contributed by atoms with Crippen molar-refractivity contribution in [3.05, 3.63) is 48.0 Å². The molecule has 0 spiro atoms. The average Bonchev–Trinajstić information content (AvgIpc) is 2.95. The number of ether oxygens (including phenoxy) is 1. The quantitative estimate of drug-likeness (QED) is 0.837. The van der Waals surface area contributed by atoms with Crippen molar-refractivity contribution >= 4 is 0 Å². The number of fused-ring (bicyclic) bond motifs is 1. The van der Waals surface area contributed by atoms with Gasteiger partial charge in [-0.15, -0.1) is 0 Å². The van der Waals surface area contributed by atoms with Crippen LogP contribution < -0.4 is 4.74 Å². The van der Waals surface area contributed by atoms with Crippen LogP contribution in [-0.2, 0) is 20.0 Å². The van der Waals surface area contributed by atoms with Crippen molar-refractivity contribution in [2.24, 2.45) is 7.05 Å². The van der Waals surface area contributed by atoms with E-state index in [1.807, 2.05) is 25.6 Å². The normalized spacial score (nSPS) is 17.5. The molecular weight excluding hydrogens is 238 g/mol. The number of rotatable bonds is 4. The zero-order valence-corrected chi connectivity index (χ0v) is 11.4. The molecule has 0 fully saturated rings. The molecule has 1 aliphatic rings. The Morgan fingerprint density at radius 3 is 3.00 bits per heavy atom. The highest BCUT2D eigenvalue weighted by Gasteiger charge is 2.23. The van der Waals surface area contributed by atoms with Gasteiger partial charge in [-0.3, -0.25) is 4.90 Å². The fourth-order valence-corrected chi connectivity index (χ4v) is 2.58. The van der Waals surface area contributed by atoms with Gasteiger partial charge in [-0.05, 0) is 18.7 Å². The van der Waals surface area contributed by atoms with Crippen LogP contribution in [-0.4, -0.2) is 34.1 Å². The Bertz CT molecular complexity index is 539. The Morgan fingerprint density at radius 2 is 2.26 bits per heavy atom. The number of imidazole rings is 1.